The number of aromatic nitrogens is 1. The third-order valence-electron chi connectivity index (χ3n) is 3.47. The zero-order valence-electron chi connectivity index (χ0n) is 13.9. The van der Waals surface area contributed by atoms with Crippen molar-refractivity contribution in [1.29, 1.82) is 0 Å². The molecule has 1 aromatic carbocycles. The standard InChI is InChI=1S/C11H12N2O2.C6H13NO2/c12-9(11(14)15)5-7-6-13-10-4-2-1-3-8(7)10;1-4(2)3-5(7)6(8)9/h1-4,6,9,13H,5,12H2,(H,14,15);4-5H,3,7H2,1-2H3,(H,8,9). The molecule has 7 nitrogen and oxygen atoms in total. The highest BCUT2D eigenvalue weighted by molar-refractivity contribution is 5.84. The minimum absolute atomic E-state index is 0.347. The van der Waals surface area contributed by atoms with Crippen LogP contribution in [0.15, 0.2) is 30.5 Å². The molecule has 0 radical (unpaired) electrons. The predicted octanol–water partition coefficient (Wildman–Crippen LogP) is 1.57. The molecule has 1 heterocycles. The van der Waals surface area contributed by atoms with Crippen molar-refractivity contribution in [2.45, 2.75) is 38.8 Å². The number of rotatable bonds is 6. The molecule has 0 amide bonds. The Morgan fingerprint density at radius 1 is 1.08 bits per heavy atom. The van der Waals surface area contributed by atoms with Crippen LogP contribution in [0.1, 0.15) is 25.8 Å². The normalized spacial score (nSPS) is 13.2. The molecule has 7 N–H and O–H groups in total. The van der Waals surface area contributed by atoms with Gasteiger partial charge in [-0.2, -0.15) is 0 Å². The van der Waals surface area contributed by atoms with Crippen molar-refractivity contribution in [3.05, 3.63) is 36.0 Å². The van der Waals surface area contributed by atoms with E-state index in [0.29, 0.717) is 18.8 Å². The van der Waals surface area contributed by atoms with Crippen molar-refractivity contribution in [1.82, 2.24) is 4.98 Å². The van der Waals surface area contributed by atoms with Crippen LogP contribution in [0.3, 0.4) is 0 Å². The Labute approximate surface area is 140 Å². The topological polar surface area (TPSA) is 142 Å². The van der Waals surface area contributed by atoms with Crippen LogP contribution >= 0.6 is 0 Å². The zero-order chi connectivity index (χ0) is 18.3. The maximum absolute atomic E-state index is 10.6. The van der Waals surface area contributed by atoms with E-state index in [1.54, 1.807) is 0 Å². The molecule has 2 unspecified atom stereocenters. The molecule has 1 aromatic heterocycles. The lowest BCUT2D eigenvalue weighted by molar-refractivity contribution is -0.139. The van der Waals surface area contributed by atoms with Crippen LogP contribution in [0, 0.1) is 5.92 Å². The Morgan fingerprint density at radius 3 is 2.17 bits per heavy atom. The minimum Gasteiger partial charge on any atom is -0.480 e. The lowest BCUT2D eigenvalue weighted by Gasteiger charge is -2.07. The number of carbonyl (C=O) groups is 2. The maximum Gasteiger partial charge on any atom is 0.320 e. The lowest BCUT2D eigenvalue weighted by Crippen LogP contribution is -2.32. The van der Waals surface area contributed by atoms with Gasteiger partial charge in [0.05, 0.1) is 0 Å². The predicted molar refractivity (Wildman–Crippen MR) is 92.7 cm³/mol. The van der Waals surface area contributed by atoms with Gasteiger partial charge < -0.3 is 26.7 Å². The van der Waals surface area contributed by atoms with Gasteiger partial charge in [0.25, 0.3) is 0 Å². The van der Waals surface area contributed by atoms with Gasteiger partial charge in [-0.3, -0.25) is 9.59 Å². The van der Waals surface area contributed by atoms with E-state index in [9.17, 15) is 9.59 Å². The molecule has 24 heavy (non-hydrogen) atoms. The Bertz CT molecular complexity index is 681. The van der Waals surface area contributed by atoms with Gasteiger partial charge in [0.15, 0.2) is 0 Å². The number of aliphatic carboxylic acids is 2. The van der Waals surface area contributed by atoms with Crippen LogP contribution in [0.5, 0.6) is 0 Å². The van der Waals surface area contributed by atoms with Crippen LogP contribution < -0.4 is 11.5 Å². The molecule has 0 spiro atoms. The van der Waals surface area contributed by atoms with E-state index >= 15 is 0 Å². The van der Waals surface area contributed by atoms with E-state index in [4.69, 9.17) is 21.7 Å². The number of aromatic amines is 1. The van der Waals surface area contributed by atoms with Crippen molar-refractivity contribution >= 4 is 22.8 Å². The highest BCUT2D eigenvalue weighted by Gasteiger charge is 2.14. The molecule has 132 valence electrons. The third-order valence-corrected chi connectivity index (χ3v) is 3.47. The summed E-state index contributed by atoms with van der Waals surface area (Å²) in [5, 5.41) is 18.1. The van der Waals surface area contributed by atoms with Crippen molar-refractivity contribution in [2.75, 3.05) is 0 Å². The fourth-order valence-corrected chi connectivity index (χ4v) is 2.23. The van der Waals surface area contributed by atoms with E-state index in [2.05, 4.69) is 4.98 Å². The molecule has 2 rings (SSSR count). The number of fused-ring (bicyclic) bond motifs is 1. The van der Waals surface area contributed by atoms with Crippen LogP contribution in [0.25, 0.3) is 10.9 Å². The largest absolute Gasteiger partial charge is 0.480 e. The number of para-hydroxylation sites is 1. The fraction of sp³-hybridized carbons (Fsp3) is 0.412. The van der Waals surface area contributed by atoms with Crippen molar-refractivity contribution in [2.24, 2.45) is 17.4 Å². The van der Waals surface area contributed by atoms with E-state index < -0.39 is 24.0 Å². The Morgan fingerprint density at radius 2 is 1.67 bits per heavy atom. The summed E-state index contributed by atoms with van der Waals surface area (Å²) in [6, 6.07) is 6.22. The Kier molecular flexibility index (Phi) is 7.41. The van der Waals surface area contributed by atoms with Crippen molar-refractivity contribution < 1.29 is 19.8 Å². The quantitative estimate of drug-likeness (QED) is 0.542. The summed E-state index contributed by atoms with van der Waals surface area (Å²) in [6.07, 6.45) is 2.71. The number of hydrogen-bond donors (Lipinski definition) is 5. The van der Waals surface area contributed by atoms with Gasteiger partial charge in [-0.15, -0.1) is 0 Å². The molecular formula is C17H25N3O4. The van der Waals surface area contributed by atoms with E-state index in [1.165, 1.54) is 0 Å². The van der Waals surface area contributed by atoms with E-state index in [1.807, 2.05) is 44.3 Å². The van der Waals surface area contributed by atoms with Gasteiger partial charge in [0.2, 0.25) is 0 Å². The second-order valence-electron chi connectivity index (χ2n) is 6.08. The van der Waals surface area contributed by atoms with Crippen LogP contribution in [-0.2, 0) is 16.0 Å². The molecule has 2 atom stereocenters. The Balaban J connectivity index is 0.000000277. The number of benzene rings is 1. The first-order valence-corrected chi connectivity index (χ1v) is 7.74. The van der Waals surface area contributed by atoms with Crippen molar-refractivity contribution in [3.8, 4) is 0 Å². The second kappa shape index (κ2) is 9.05. The summed E-state index contributed by atoms with van der Waals surface area (Å²) >= 11 is 0. The molecular weight excluding hydrogens is 310 g/mol. The van der Waals surface area contributed by atoms with Gasteiger partial charge >= 0.3 is 11.9 Å². The number of H-pyrrole nitrogens is 1. The number of nitrogens with one attached hydrogen (secondary N) is 1. The van der Waals surface area contributed by atoms with Gasteiger partial charge in [0.1, 0.15) is 12.1 Å². The SMILES string of the molecule is CC(C)CC(N)C(=O)O.NC(Cc1c[nH]c2ccccc12)C(=O)O. The molecule has 0 fully saturated rings. The summed E-state index contributed by atoms with van der Waals surface area (Å²) in [6.45, 7) is 3.89. The highest BCUT2D eigenvalue weighted by Crippen LogP contribution is 2.18. The monoisotopic (exact) mass is 335 g/mol. The Hall–Kier alpha value is -2.38. The first kappa shape index (κ1) is 19.7. The number of hydrogen-bond acceptors (Lipinski definition) is 4. The molecule has 0 aliphatic rings. The number of carboxylic acid groups (broad SMARTS) is 2. The zero-order valence-corrected chi connectivity index (χ0v) is 13.9. The third kappa shape index (κ3) is 6.02. The van der Waals surface area contributed by atoms with Crippen LogP contribution in [0.4, 0.5) is 0 Å². The maximum atomic E-state index is 10.6. The summed E-state index contributed by atoms with van der Waals surface area (Å²) < 4.78 is 0. The summed E-state index contributed by atoms with van der Waals surface area (Å²) in [5.41, 5.74) is 12.7. The van der Waals surface area contributed by atoms with Crippen molar-refractivity contribution in [3.63, 3.8) is 0 Å². The van der Waals surface area contributed by atoms with Crippen LogP contribution in [0.2, 0.25) is 0 Å². The van der Waals surface area contributed by atoms with Gasteiger partial charge in [-0.25, -0.2) is 0 Å². The fourth-order valence-electron chi connectivity index (χ4n) is 2.23. The van der Waals surface area contributed by atoms with Gasteiger partial charge in [-0.1, -0.05) is 32.0 Å². The summed E-state index contributed by atoms with van der Waals surface area (Å²) in [7, 11) is 0. The molecule has 0 saturated heterocycles. The van der Waals surface area contributed by atoms with Crippen LogP contribution in [-0.4, -0.2) is 39.2 Å². The highest BCUT2D eigenvalue weighted by atomic mass is 16.4. The molecule has 0 saturated carbocycles. The first-order chi connectivity index (χ1) is 11.2. The first-order valence-electron chi connectivity index (χ1n) is 7.74. The molecule has 0 bridgehead atoms. The average molecular weight is 335 g/mol. The lowest BCUT2D eigenvalue weighted by atomic mass is 10.1. The minimum atomic E-state index is -0.972. The van der Waals surface area contributed by atoms with Gasteiger partial charge in [0, 0.05) is 23.5 Å². The number of carboxylic acids is 2. The smallest absolute Gasteiger partial charge is 0.320 e. The van der Waals surface area contributed by atoms with E-state index in [0.717, 1.165) is 16.5 Å². The second-order valence-corrected chi connectivity index (χ2v) is 6.08. The summed E-state index contributed by atoms with van der Waals surface area (Å²) in [5.74, 6) is -1.53. The van der Waals surface area contributed by atoms with Gasteiger partial charge in [-0.05, 0) is 24.0 Å². The molecule has 0 aliphatic heterocycles. The molecule has 0 aliphatic carbocycles. The molecule has 7 heteroatoms. The van der Waals surface area contributed by atoms with E-state index in [-0.39, 0.29) is 0 Å². The summed E-state index contributed by atoms with van der Waals surface area (Å²) in [4.78, 5) is 23.8. The average Bonchev–Trinajstić information content (AvgIpc) is 2.90. The molecule has 2 aromatic rings. The number of nitrogens with two attached hydrogens (primary N) is 2.